The van der Waals surface area contributed by atoms with Gasteiger partial charge in [-0.25, -0.2) is 0 Å². The number of nitrogens with one attached hydrogen (secondary N) is 1. The molecule has 18 heavy (non-hydrogen) atoms. The molecule has 2 heterocycles. The van der Waals surface area contributed by atoms with Crippen molar-refractivity contribution in [1.29, 1.82) is 0 Å². The van der Waals surface area contributed by atoms with Gasteiger partial charge >= 0.3 is 0 Å². The number of halogens is 1. The van der Waals surface area contributed by atoms with Gasteiger partial charge in [-0.2, -0.15) is 0 Å². The summed E-state index contributed by atoms with van der Waals surface area (Å²) in [6.07, 6.45) is 1.81. The number of furan rings is 1. The molecule has 0 aliphatic heterocycles. The van der Waals surface area contributed by atoms with Gasteiger partial charge in [0, 0.05) is 15.8 Å². The summed E-state index contributed by atoms with van der Waals surface area (Å²) >= 11 is 7.87. The summed E-state index contributed by atoms with van der Waals surface area (Å²) in [5, 5.41) is 7.23. The quantitative estimate of drug-likeness (QED) is 0.765. The van der Waals surface area contributed by atoms with E-state index < -0.39 is 0 Å². The molecule has 0 aliphatic carbocycles. The summed E-state index contributed by atoms with van der Waals surface area (Å²) in [4.78, 5) is 1.12. The maximum atomic E-state index is 6.22. The van der Waals surface area contributed by atoms with Gasteiger partial charge in [0.05, 0.1) is 17.3 Å². The van der Waals surface area contributed by atoms with Crippen molar-refractivity contribution in [3.63, 3.8) is 0 Å². The Bertz CT molecular complexity index is 673. The zero-order valence-corrected chi connectivity index (χ0v) is 11.4. The van der Waals surface area contributed by atoms with Crippen molar-refractivity contribution in [3.05, 3.63) is 57.4 Å². The van der Waals surface area contributed by atoms with Crippen molar-refractivity contribution in [2.24, 2.45) is 0 Å². The molecule has 3 aromatic rings. The van der Waals surface area contributed by atoms with Crippen molar-refractivity contribution in [2.75, 3.05) is 7.05 Å². The fourth-order valence-corrected chi connectivity index (χ4v) is 3.45. The van der Waals surface area contributed by atoms with Crippen LogP contribution >= 0.6 is 22.9 Å². The molecular weight excluding hydrogens is 266 g/mol. The molecule has 0 spiro atoms. The van der Waals surface area contributed by atoms with Crippen LogP contribution in [0.25, 0.3) is 11.0 Å². The van der Waals surface area contributed by atoms with Gasteiger partial charge in [0.15, 0.2) is 0 Å². The van der Waals surface area contributed by atoms with Crippen LogP contribution in [0.4, 0.5) is 0 Å². The summed E-state index contributed by atoms with van der Waals surface area (Å²) in [7, 11) is 1.93. The number of benzene rings is 1. The van der Waals surface area contributed by atoms with E-state index in [-0.39, 0.29) is 6.04 Å². The molecule has 92 valence electrons. The van der Waals surface area contributed by atoms with Crippen molar-refractivity contribution in [1.82, 2.24) is 5.32 Å². The van der Waals surface area contributed by atoms with Gasteiger partial charge in [-0.15, -0.1) is 11.3 Å². The summed E-state index contributed by atoms with van der Waals surface area (Å²) < 4.78 is 5.59. The normalized spacial score (nSPS) is 13.0. The van der Waals surface area contributed by atoms with Crippen molar-refractivity contribution in [3.8, 4) is 0 Å². The smallest absolute Gasteiger partial charge is 0.134 e. The summed E-state index contributed by atoms with van der Waals surface area (Å²) in [6, 6.07) is 10.0. The lowest BCUT2D eigenvalue weighted by atomic mass is 10.0. The van der Waals surface area contributed by atoms with E-state index in [1.807, 2.05) is 43.0 Å². The molecule has 2 aromatic heterocycles. The number of fused-ring (bicyclic) bond motifs is 1. The first-order valence-corrected chi connectivity index (χ1v) is 6.93. The van der Waals surface area contributed by atoms with Crippen LogP contribution in [-0.2, 0) is 0 Å². The van der Waals surface area contributed by atoms with Gasteiger partial charge in [0.1, 0.15) is 5.58 Å². The highest BCUT2D eigenvalue weighted by Gasteiger charge is 2.20. The summed E-state index contributed by atoms with van der Waals surface area (Å²) in [5.74, 6) is 0. The minimum Gasteiger partial charge on any atom is -0.464 e. The molecule has 0 saturated carbocycles. The first-order chi connectivity index (χ1) is 8.81. The van der Waals surface area contributed by atoms with Gasteiger partial charge in [-0.05, 0) is 24.6 Å². The highest BCUT2D eigenvalue weighted by atomic mass is 35.5. The second-order valence-electron chi connectivity index (χ2n) is 4.04. The maximum Gasteiger partial charge on any atom is 0.134 e. The molecule has 0 radical (unpaired) electrons. The van der Waals surface area contributed by atoms with Crippen LogP contribution in [0, 0.1) is 0 Å². The Morgan fingerprint density at radius 2 is 2.11 bits per heavy atom. The maximum absolute atomic E-state index is 6.22. The van der Waals surface area contributed by atoms with E-state index in [9.17, 15) is 0 Å². The van der Waals surface area contributed by atoms with Gasteiger partial charge in [-0.1, -0.05) is 29.8 Å². The van der Waals surface area contributed by atoms with Gasteiger partial charge in [-0.3, -0.25) is 0 Å². The predicted octanol–water partition coefficient (Wildman–Crippen LogP) is 4.46. The Balaban J connectivity index is 2.15. The number of rotatable bonds is 3. The Morgan fingerprint density at radius 1 is 1.28 bits per heavy atom. The molecule has 0 bridgehead atoms. The number of para-hydroxylation sites is 1. The zero-order valence-electron chi connectivity index (χ0n) is 9.81. The van der Waals surface area contributed by atoms with Crippen LogP contribution in [0.5, 0.6) is 0 Å². The molecular formula is C14H12ClNOS. The molecule has 4 heteroatoms. The summed E-state index contributed by atoms with van der Waals surface area (Å²) in [6.45, 7) is 0. The van der Waals surface area contributed by atoms with Crippen molar-refractivity contribution >= 4 is 33.9 Å². The minimum absolute atomic E-state index is 0.0705. The van der Waals surface area contributed by atoms with Crippen LogP contribution in [0.3, 0.4) is 0 Å². The second-order valence-corrected chi connectivity index (χ2v) is 5.40. The Morgan fingerprint density at radius 3 is 2.83 bits per heavy atom. The third-order valence-electron chi connectivity index (χ3n) is 3.02. The average Bonchev–Trinajstić information content (AvgIpc) is 2.99. The fraction of sp³-hybridized carbons (Fsp3) is 0.143. The van der Waals surface area contributed by atoms with E-state index in [2.05, 4.69) is 11.4 Å². The Kier molecular flexibility index (Phi) is 3.12. The van der Waals surface area contributed by atoms with E-state index in [1.165, 1.54) is 0 Å². The van der Waals surface area contributed by atoms with E-state index in [0.29, 0.717) is 0 Å². The topological polar surface area (TPSA) is 25.2 Å². The minimum atomic E-state index is 0.0705. The van der Waals surface area contributed by atoms with Crippen molar-refractivity contribution < 1.29 is 4.42 Å². The molecule has 1 unspecified atom stereocenters. The van der Waals surface area contributed by atoms with Crippen molar-refractivity contribution in [2.45, 2.75) is 6.04 Å². The molecule has 0 saturated heterocycles. The SMILES string of the molecule is CNC(c1sccc1Cl)c1coc2ccccc12. The van der Waals surface area contributed by atoms with Gasteiger partial charge in [0.25, 0.3) is 0 Å². The van der Waals surface area contributed by atoms with Crippen LogP contribution in [0.2, 0.25) is 5.02 Å². The molecule has 0 fully saturated rings. The standard InChI is InChI=1S/C14H12ClNOS/c1-16-13(14-11(15)6-7-18-14)10-8-17-12-5-3-2-4-9(10)12/h2-8,13,16H,1H3. The molecule has 1 atom stereocenters. The van der Waals surface area contributed by atoms with E-state index in [1.54, 1.807) is 11.3 Å². The molecule has 1 aromatic carbocycles. The average molecular weight is 278 g/mol. The predicted molar refractivity (Wildman–Crippen MR) is 76.4 cm³/mol. The van der Waals surface area contributed by atoms with E-state index in [0.717, 1.165) is 26.4 Å². The lowest BCUT2D eigenvalue weighted by molar-refractivity contribution is 0.598. The lowest BCUT2D eigenvalue weighted by Gasteiger charge is -2.13. The first kappa shape index (κ1) is 11.8. The molecule has 0 aliphatic rings. The molecule has 0 amide bonds. The Labute approximate surface area is 114 Å². The van der Waals surface area contributed by atoms with Crippen LogP contribution in [-0.4, -0.2) is 7.05 Å². The van der Waals surface area contributed by atoms with Crippen LogP contribution in [0.1, 0.15) is 16.5 Å². The number of hydrogen-bond acceptors (Lipinski definition) is 3. The molecule has 2 nitrogen and oxygen atoms in total. The highest BCUT2D eigenvalue weighted by Crippen LogP contribution is 2.36. The first-order valence-electron chi connectivity index (χ1n) is 5.67. The number of thiophene rings is 1. The van der Waals surface area contributed by atoms with E-state index >= 15 is 0 Å². The van der Waals surface area contributed by atoms with Crippen LogP contribution < -0.4 is 5.32 Å². The molecule has 3 rings (SSSR count). The molecule has 1 N–H and O–H groups in total. The van der Waals surface area contributed by atoms with Gasteiger partial charge < -0.3 is 9.73 Å². The summed E-state index contributed by atoms with van der Waals surface area (Å²) in [5.41, 5.74) is 2.03. The zero-order chi connectivity index (χ0) is 12.5. The number of hydrogen-bond donors (Lipinski definition) is 1. The highest BCUT2D eigenvalue weighted by molar-refractivity contribution is 7.10. The van der Waals surface area contributed by atoms with Crippen LogP contribution in [0.15, 0.2) is 46.4 Å². The third kappa shape index (κ3) is 1.85. The third-order valence-corrected chi connectivity index (χ3v) is 4.44. The Hall–Kier alpha value is -1.29. The van der Waals surface area contributed by atoms with E-state index in [4.69, 9.17) is 16.0 Å². The largest absolute Gasteiger partial charge is 0.464 e. The second kappa shape index (κ2) is 4.76. The van der Waals surface area contributed by atoms with Gasteiger partial charge in [0.2, 0.25) is 0 Å². The fourth-order valence-electron chi connectivity index (χ4n) is 2.16. The monoisotopic (exact) mass is 277 g/mol. The lowest BCUT2D eigenvalue weighted by Crippen LogP contribution is -2.16.